The van der Waals surface area contributed by atoms with Crippen LogP contribution in [0.2, 0.25) is 0 Å². The molecule has 5 rings (SSSR count). The van der Waals surface area contributed by atoms with Gasteiger partial charge in [0, 0.05) is 38.1 Å². The van der Waals surface area contributed by atoms with E-state index in [9.17, 15) is 9.59 Å². The first-order chi connectivity index (χ1) is 14.0. The standard InChI is InChI=1S/C22H16N4O3/c1-25-21(14-3-5-16-17(12-14)24-9-8-23-16)20(22(28)26(25)2)13-4-6-19-15(11-13)18(27)7-10-29-19/h3-12H,1-2H3. The fraction of sp³-hybridized carbons (Fsp3) is 0.0909. The largest absolute Gasteiger partial charge is 0.464 e. The van der Waals surface area contributed by atoms with E-state index in [1.165, 1.54) is 12.3 Å². The molecule has 0 amide bonds. The third-order valence-corrected chi connectivity index (χ3v) is 5.21. The first-order valence-electron chi connectivity index (χ1n) is 9.03. The van der Waals surface area contributed by atoms with Gasteiger partial charge in [-0.3, -0.25) is 28.9 Å². The zero-order valence-corrected chi connectivity index (χ0v) is 15.8. The smallest absolute Gasteiger partial charge is 0.274 e. The number of nitrogens with zero attached hydrogens (tertiary/aromatic N) is 4. The summed E-state index contributed by atoms with van der Waals surface area (Å²) in [7, 11) is 3.54. The van der Waals surface area contributed by atoms with E-state index in [0.717, 1.165) is 22.3 Å². The predicted molar refractivity (Wildman–Crippen MR) is 111 cm³/mol. The summed E-state index contributed by atoms with van der Waals surface area (Å²) in [5.41, 5.74) is 4.46. The number of hydrogen-bond donors (Lipinski definition) is 0. The van der Waals surface area contributed by atoms with E-state index in [4.69, 9.17) is 4.42 Å². The molecule has 3 heterocycles. The van der Waals surface area contributed by atoms with E-state index in [-0.39, 0.29) is 11.0 Å². The molecule has 7 nitrogen and oxygen atoms in total. The highest BCUT2D eigenvalue weighted by atomic mass is 16.3. The fourth-order valence-electron chi connectivity index (χ4n) is 3.65. The van der Waals surface area contributed by atoms with Crippen LogP contribution >= 0.6 is 0 Å². The van der Waals surface area contributed by atoms with Crippen molar-refractivity contribution < 1.29 is 4.42 Å². The van der Waals surface area contributed by atoms with Gasteiger partial charge >= 0.3 is 0 Å². The summed E-state index contributed by atoms with van der Waals surface area (Å²) in [6.45, 7) is 0. The van der Waals surface area contributed by atoms with Crippen LogP contribution < -0.4 is 11.0 Å². The van der Waals surface area contributed by atoms with Crippen molar-refractivity contribution in [1.29, 1.82) is 0 Å². The lowest BCUT2D eigenvalue weighted by atomic mass is 9.99. The van der Waals surface area contributed by atoms with Crippen molar-refractivity contribution in [3.05, 3.63) is 81.7 Å². The van der Waals surface area contributed by atoms with Gasteiger partial charge in [-0.15, -0.1) is 0 Å². The molecule has 5 aromatic rings. The molecule has 0 spiro atoms. The lowest BCUT2D eigenvalue weighted by Crippen LogP contribution is -2.17. The maximum atomic E-state index is 13.1. The quantitative estimate of drug-likeness (QED) is 0.467. The first-order valence-corrected chi connectivity index (χ1v) is 9.03. The topological polar surface area (TPSA) is 82.9 Å². The van der Waals surface area contributed by atoms with Crippen molar-refractivity contribution in [2.45, 2.75) is 0 Å². The van der Waals surface area contributed by atoms with Crippen LogP contribution in [-0.4, -0.2) is 19.3 Å². The minimum atomic E-state index is -0.151. The molecule has 142 valence electrons. The second-order valence-corrected chi connectivity index (χ2v) is 6.83. The van der Waals surface area contributed by atoms with Gasteiger partial charge in [-0.05, 0) is 29.8 Å². The molecule has 0 aliphatic heterocycles. The number of benzene rings is 2. The minimum absolute atomic E-state index is 0.150. The van der Waals surface area contributed by atoms with E-state index in [1.807, 2.05) is 25.2 Å². The summed E-state index contributed by atoms with van der Waals surface area (Å²) in [5, 5.41) is 0.436. The maximum absolute atomic E-state index is 13.1. The van der Waals surface area contributed by atoms with E-state index >= 15 is 0 Å². The van der Waals surface area contributed by atoms with Crippen LogP contribution in [0.3, 0.4) is 0 Å². The van der Waals surface area contributed by atoms with E-state index in [0.29, 0.717) is 22.1 Å². The average molecular weight is 384 g/mol. The molecule has 0 aliphatic rings. The molecule has 0 unspecified atom stereocenters. The normalized spacial score (nSPS) is 11.4. The summed E-state index contributed by atoms with van der Waals surface area (Å²) in [6, 6.07) is 12.3. The molecule has 0 aliphatic carbocycles. The Hall–Kier alpha value is -4.00. The summed E-state index contributed by atoms with van der Waals surface area (Å²) >= 11 is 0. The molecule has 0 saturated heterocycles. The Morgan fingerprint density at radius 1 is 0.828 bits per heavy atom. The molecule has 0 atom stereocenters. The van der Waals surface area contributed by atoms with Gasteiger partial charge < -0.3 is 4.42 Å². The lowest BCUT2D eigenvalue weighted by molar-refractivity contribution is 0.584. The van der Waals surface area contributed by atoms with E-state index < -0.39 is 0 Å². The molecule has 7 heteroatoms. The summed E-state index contributed by atoms with van der Waals surface area (Å²) in [5.74, 6) is 0. The Morgan fingerprint density at radius 3 is 2.41 bits per heavy atom. The molecular formula is C22H16N4O3. The first kappa shape index (κ1) is 17.1. The highest BCUT2D eigenvalue weighted by Crippen LogP contribution is 2.32. The number of aromatic nitrogens is 4. The molecule has 0 bridgehead atoms. The molecule has 0 fully saturated rings. The van der Waals surface area contributed by atoms with Gasteiger partial charge in [0.2, 0.25) is 0 Å². The van der Waals surface area contributed by atoms with Crippen LogP contribution in [0.25, 0.3) is 44.4 Å². The molecule has 3 aromatic heterocycles. The number of fused-ring (bicyclic) bond motifs is 2. The van der Waals surface area contributed by atoms with Crippen LogP contribution in [0.1, 0.15) is 0 Å². The van der Waals surface area contributed by atoms with Gasteiger partial charge in [0.05, 0.1) is 33.9 Å². The molecule has 0 N–H and O–H groups in total. The summed E-state index contributed by atoms with van der Waals surface area (Å²) in [4.78, 5) is 34.0. The average Bonchev–Trinajstić information content (AvgIpc) is 2.97. The molecule has 0 radical (unpaired) electrons. The number of hydrogen-bond acceptors (Lipinski definition) is 5. The fourth-order valence-corrected chi connectivity index (χ4v) is 3.65. The van der Waals surface area contributed by atoms with Gasteiger partial charge in [-0.1, -0.05) is 12.1 Å². The Labute approximate surface area is 164 Å². The number of rotatable bonds is 2. The summed E-state index contributed by atoms with van der Waals surface area (Å²) in [6.07, 6.45) is 4.65. The van der Waals surface area contributed by atoms with Crippen LogP contribution in [0.5, 0.6) is 0 Å². The third kappa shape index (κ3) is 2.59. The van der Waals surface area contributed by atoms with Gasteiger partial charge in [0.25, 0.3) is 5.56 Å². The van der Waals surface area contributed by atoms with E-state index in [1.54, 1.807) is 47.0 Å². The zero-order chi connectivity index (χ0) is 20.1. The van der Waals surface area contributed by atoms with Gasteiger partial charge in [0.15, 0.2) is 5.43 Å². The highest BCUT2D eigenvalue weighted by Gasteiger charge is 2.20. The molecule has 2 aromatic carbocycles. The van der Waals surface area contributed by atoms with Gasteiger partial charge in [-0.2, -0.15) is 0 Å². The second kappa shape index (κ2) is 6.27. The van der Waals surface area contributed by atoms with Crippen LogP contribution in [0.15, 0.2) is 75.1 Å². The Morgan fingerprint density at radius 2 is 1.59 bits per heavy atom. The lowest BCUT2D eigenvalue weighted by Gasteiger charge is -2.09. The van der Waals surface area contributed by atoms with Gasteiger partial charge in [0.1, 0.15) is 5.58 Å². The van der Waals surface area contributed by atoms with E-state index in [2.05, 4.69) is 9.97 Å². The second-order valence-electron chi connectivity index (χ2n) is 6.83. The van der Waals surface area contributed by atoms with Crippen molar-refractivity contribution in [1.82, 2.24) is 19.3 Å². The van der Waals surface area contributed by atoms with Crippen molar-refractivity contribution >= 4 is 22.0 Å². The highest BCUT2D eigenvalue weighted by molar-refractivity contribution is 5.90. The van der Waals surface area contributed by atoms with Crippen molar-refractivity contribution in [2.75, 3.05) is 0 Å². The van der Waals surface area contributed by atoms with Crippen molar-refractivity contribution in [3.8, 4) is 22.4 Å². The monoisotopic (exact) mass is 384 g/mol. The van der Waals surface area contributed by atoms with Crippen LogP contribution in [0, 0.1) is 0 Å². The third-order valence-electron chi connectivity index (χ3n) is 5.21. The molecule has 0 saturated carbocycles. The van der Waals surface area contributed by atoms with Gasteiger partial charge in [-0.25, -0.2) is 0 Å². The Balaban J connectivity index is 1.82. The molecule has 29 heavy (non-hydrogen) atoms. The van der Waals surface area contributed by atoms with Crippen molar-refractivity contribution in [3.63, 3.8) is 0 Å². The Kier molecular flexibility index (Phi) is 3.70. The molecular weight excluding hydrogens is 368 g/mol. The SMILES string of the molecule is Cn1c(-c2ccc3nccnc3c2)c(-c2ccc3occc(=O)c3c2)c(=O)n1C. The Bertz CT molecular complexity index is 1530. The zero-order valence-electron chi connectivity index (χ0n) is 15.8. The van der Waals surface area contributed by atoms with Crippen molar-refractivity contribution in [2.24, 2.45) is 14.1 Å². The maximum Gasteiger partial charge on any atom is 0.274 e. The minimum Gasteiger partial charge on any atom is -0.464 e. The summed E-state index contributed by atoms with van der Waals surface area (Å²) < 4.78 is 8.75. The van der Waals surface area contributed by atoms with Crippen LogP contribution in [0.4, 0.5) is 0 Å². The predicted octanol–water partition coefficient (Wildman–Crippen LogP) is 3.11. The van der Waals surface area contributed by atoms with Crippen LogP contribution in [-0.2, 0) is 14.1 Å².